The van der Waals surface area contributed by atoms with Crippen LogP contribution in [-0.2, 0) is 18.6 Å². The molecule has 0 spiro atoms. The van der Waals surface area contributed by atoms with Crippen molar-refractivity contribution in [2.45, 2.75) is 85.4 Å². The maximum Gasteiger partial charge on any atom is 0.351 e. The molecule has 1 saturated heterocycles. The average molecular weight is 457 g/mol. The molecule has 1 aromatic rings. The van der Waals surface area contributed by atoms with E-state index in [-0.39, 0.29) is 30.7 Å². The van der Waals surface area contributed by atoms with Crippen molar-refractivity contribution < 1.29 is 19.9 Å². The number of carbonyl (C=O) groups is 1. The Morgan fingerprint density at radius 3 is 2.77 bits per heavy atom. The number of nitrogens with one attached hydrogen (secondary N) is 1. The van der Waals surface area contributed by atoms with Gasteiger partial charge in [0.05, 0.1) is 12.2 Å². The second-order valence-electron chi connectivity index (χ2n) is 7.71. The van der Waals surface area contributed by atoms with Gasteiger partial charge in [-0.15, -0.1) is 0 Å². The third-order valence-corrected chi connectivity index (χ3v) is 6.52. The summed E-state index contributed by atoms with van der Waals surface area (Å²) < 4.78 is 29.6. The van der Waals surface area contributed by atoms with E-state index in [1.54, 1.807) is 0 Å². The first-order chi connectivity index (χ1) is 15.2. The molecule has 31 heavy (non-hydrogen) atoms. The maximum atomic E-state index is 12.5. The number of amides is 1. The quantitative estimate of drug-likeness (QED) is 0.327. The van der Waals surface area contributed by atoms with E-state index in [2.05, 4.69) is 47.7 Å². The lowest BCUT2D eigenvalue weighted by Crippen LogP contribution is -2.35. The number of nitrogens with zero attached hydrogens (tertiary/aromatic N) is 4. The summed E-state index contributed by atoms with van der Waals surface area (Å²) in [6, 6.07) is 1.86. The monoisotopic (exact) mass is 456 g/mol. The van der Waals surface area contributed by atoms with Crippen LogP contribution >= 0.6 is 8.53 Å². The van der Waals surface area contributed by atoms with E-state index in [0.29, 0.717) is 13.0 Å². The molecule has 4 atom stereocenters. The minimum Gasteiger partial charge on any atom is -0.425 e. The zero-order valence-corrected chi connectivity index (χ0v) is 19.9. The van der Waals surface area contributed by atoms with E-state index in [4.69, 9.17) is 15.2 Å². The third-order valence-electron chi connectivity index (χ3n) is 4.49. The summed E-state index contributed by atoms with van der Waals surface area (Å²) in [5.41, 5.74) is -0.551. The van der Waals surface area contributed by atoms with E-state index in [1.807, 2.05) is 6.92 Å². The highest BCUT2D eigenvalue weighted by molar-refractivity contribution is 7.45. The predicted octanol–water partition coefficient (Wildman–Crippen LogP) is 3.30. The normalized spacial score (nSPS) is 23.0. The molecular weight excluding hydrogens is 421 g/mol. The van der Waals surface area contributed by atoms with E-state index >= 15 is 0 Å². The van der Waals surface area contributed by atoms with Crippen molar-refractivity contribution in [1.82, 2.24) is 14.2 Å². The fourth-order valence-electron chi connectivity index (χ4n) is 3.24. The largest absolute Gasteiger partial charge is 0.425 e. The molecule has 0 bridgehead atoms. The van der Waals surface area contributed by atoms with Crippen LogP contribution in [-0.4, -0.2) is 57.4 Å². The number of carbonyl (C=O) groups excluding carboxylic acids is 1. The van der Waals surface area contributed by atoms with E-state index in [1.165, 1.54) is 30.2 Å². The topological polar surface area (TPSA) is 107 Å². The lowest BCUT2D eigenvalue weighted by atomic mass is 10.2. The lowest BCUT2D eigenvalue weighted by Gasteiger charge is -2.36. The minimum atomic E-state index is -1.50. The Morgan fingerprint density at radius 2 is 2.23 bits per heavy atom. The van der Waals surface area contributed by atoms with Crippen LogP contribution in [0, 0.1) is 0 Å². The molecule has 1 aliphatic rings. The smallest absolute Gasteiger partial charge is 0.351 e. The fourth-order valence-corrected chi connectivity index (χ4v) is 4.86. The Bertz CT molecular complexity index is 829. The van der Waals surface area contributed by atoms with Gasteiger partial charge in [0.1, 0.15) is 12.0 Å². The van der Waals surface area contributed by atoms with Gasteiger partial charge in [-0.2, -0.15) is 4.98 Å². The summed E-state index contributed by atoms with van der Waals surface area (Å²) in [7, 11) is -1.50. The molecule has 0 aliphatic carbocycles. The molecule has 0 aromatic carbocycles. The van der Waals surface area contributed by atoms with Gasteiger partial charge in [0.2, 0.25) is 5.91 Å². The van der Waals surface area contributed by atoms with Crippen LogP contribution in [0.3, 0.4) is 0 Å². The molecule has 2 heterocycles. The van der Waals surface area contributed by atoms with Crippen molar-refractivity contribution >= 4 is 26.7 Å². The first-order valence-corrected chi connectivity index (χ1v) is 11.5. The standard InChI is InChI=1S/C20H34N5O5P/c1-8-21-12-28-31(25(13(2)3)14(4)5)30-17-11-19(29-15(17)6)24-10-9-18(22-16(7)26)23-20(24)27/h9-10,12-15,17,19H,8,11H2,1-7H3,(H,22,23,26,27)/t15?,17-,19?,31?/m1/s1/i6D. The first kappa shape index (κ1) is 23.8. The van der Waals surface area contributed by atoms with Gasteiger partial charge >= 0.3 is 14.2 Å². The minimum absolute atomic E-state index is 0.0249. The van der Waals surface area contributed by atoms with Gasteiger partial charge < -0.3 is 19.1 Å². The number of aliphatic imine (C=N–C) groups is 1. The van der Waals surface area contributed by atoms with Crippen molar-refractivity contribution in [2.24, 2.45) is 4.99 Å². The Hall–Kier alpha value is -1.87. The maximum absolute atomic E-state index is 12.5. The molecule has 1 N–H and O–H groups in total. The van der Waals surface area contributed by atoms with Gasteiger partial charge in [0.25, 0.3) is 0 Å². The Kier molecular flexibility index (Phi) is 8.95. The van der Waals surface area contributed by atoms with Crippen LogP contribution in [0.1, 0.15) is 62.5 Å². The second-order valence-corrected chi connectivity index (χ2v) is 9.07. The van der Waals surface area contributed by atoms with Gasteiger partial charge in [0.15, 0.2) is 6.40 Å². The van der Waals surface area contributed by atoms with E-state index in [9.17, 15) is 9.59 Å². The number of anilines is 1. The highest BCUT2D eigenvalue weighted by atomic mass is 31.2. The highest BCUT2D eigenvalue weighted by Crippen LogP contribution is 2.49. The van der Waals surface area contributed by atoms with Crippen molar-refractivity contribution in [3.8, 4) is 0 Å². The van der Waals surface area contributed by atoms with Crippen LogP contribution in [0.25, 0.3) is 0 Å². The summed E-state index contributed by atoms with van der Waals surface area (Å²) in [6.07, 6.45) is 1.70. The number of ether oxygens (including phenoxy) is 1. The molecule has 1 aromatic heterocycles. The van der Waals surface area contributed by atoms with Crippen LogP contribution in [0.4, 0.5) is 5.82 Å². The summed E-state index contributed by atoms with van der Waals surface area (Å²) in [5.74, 6) is -0.132. The van der Waals surface area contributed by atoms with Crippen LogP contribution in [0.2, 0.25) is 0 Å². The first-order valence-electron chi connectivity index (χ1n) is 11.1. The fraction of sp³-hybridized carbons (Fsp3) is 0.700. The SMILES string of the molecule is [2H]CC1OC(n2ccc(NC(C)=O)nc2=O)C[C@H]1OP(OC=NCC)N(C(C)C)C(C)C. The summed E-state index contributed by atoms with van der Waals surface area (Å²) in [5, 5.41) is 2.49. The zero-order chi connectivity index (χ0) is 23.8. The number of hydrogen-bond acceptors (Lipinski definition) is 8. The molecule has 10 nitrogen and oxygen atoms in total. The lowest BCUT2D eigenvalue weighted by molar-refractivity contribution is -0.114. The van der Waals surface area contributed by atoms with Gasteiger partial charge in [-0.1, -0.05) is 0 Å². The van der Waals surface area contributed by atoms with Gasteiger partial charge in [-0.25, -0.2) is 9.46 Å². The van der Waals surface area contributed by atoms with Crippen molar-refractivity contribution in [3.63, 3.8) is 0 Å². The van der Waals surface area contributed by atoms with Gasteiger partial charge in [-0.3, -0.25) is 14.4 Å². The molecule has 174 valence electrons. The van der Waals surface area contributed by atoms with Crippen molar-refractivity contribution in [2.75, 3.05) is 11.9 Å². The van der Waals surface area contributed by atoms with Crippen molar-refractivity contribution in [1.29, 1.82) is 0 Å². The second kappa shape index (κ2) is 11.7. The summed E-state index contributed by atoms with van der Waals surface area (Å²) in [6.45, 7) is 12.1. The molecule has 2 rings (SSSR count). The third kappa shape index (κ3) is 7.07. The van der Waals surface area contributed by atoms with E-state index < -0.39 is 32.7 Å². The highest BCUT2D eigenvalue weighted by Gasteiger charge is 2.39. The van der Waals surface area contributed by atoms with Crippen LogP contribution < -0.4 is 11.0 Å². The molecule has 11 heteroatoms. The van der Waals surface area contributed by atoms with Crippen LogP contribution in [0.15, 0.2) is 22.1 Å². The van der Waals surface area contributed by atoms with Crippen LogP contribution in [0.5, 0.6) is 0 Å². The number of hydrogen-bond donors (Lipinski definition) is 1. The van der Waals surface area contributed by atoms with Gasteiger partial charge in [0, 0.05) is 39.5 Å². The zero-order valence-electron chi connectivity index (χ0n) is 20.0. The summed E-state index contributed by atoms with van der Waals surface area (Å²) >= 11 is 0. The van der Waals surface area contributed by atoms with Gasteiger partial charge in [-0.05, 0) is 47.6 Å². The molecular formula is C20H34N5O5P. The molecule has 1 aliphatic heterocycles. The molecule has 1 amide bonds. The number of rotatable bonds is 10. The molecule has 1 fully saturated rings. The molecule has 3 unspecified atom stereocenters. The Morgan fingerprint density at radius 1 is 1.52 bits per heavy atom. The Balaban J connectivity index is 2.21. The predicted molar refractivity (Wildman–Crippen MR) is 121 cm³/mol. The number of aromatic nitrogens is 2. The summed E-state index contributed by atoms with van der Waals surface area (Å²) in [4.78, 5) is 31.7. The van der Waals surface area contributed by atoms with Crippen molar-refractivity contribution in [3.05, 3.63) is 22.7 Å². The molecule has 0 saturated carbocycles. The van der Waals surface area contributed by atoms with E-state index in [0.717, 1.165) is 0 Å². The average Bonchev–Trinajstić information content (AvgIpc) is 3.09. The Labute approximate surface area is 186 Å². The molecule has 0 radical (unpaired) electrons.